The summed E-state index contributed by atoms with van der Waals surface area (Å²) in [5.74, 6) is 0.875. The molecule has 0 aliphatic carbocycles. The van der Waals surface area contributed by atoms with Crippen molar-refractivity contribution in [1.29, 1.82) is 0 Å². The molecule has 0 aromatic heterocycles. The molecular formula is C9H19F. The molecule has 0 N–H and O–H groups in total. The molecule has 0 nitrogen and oxygen atoms in total. The molecule has 0 rings (SSSR count). The van der Waals surface area contributed by atoms with Gasteiger partial charge in [-0.25, -0.2) is 0 Å². The van der Waals surface area contributed by atoms with Gasteiger partial charge in [-0.1, -0.05) is 33.6 Å². The number of hydrogen-bond donors (Lipinski definition) is 0. The van der Waals surface area contributed by atoms with Crippen molar-refractivity contribution in [2.24, 2.45) is 11.8 Å². The van der Waals surface area contributed by atoms with Crippen molar-refractivity contribution < 1.29 is 4.39 Å². The Morgan fingerprint density at radius 1 is 1.30 bits per heavy atom. The third-order valence-electron chi connectivity index (χ3n) is 2.31. The van der Waals surface area contributed by atoms with Crippen LogP contribution in [0.2, 0.25) is 0 Å². The van der Waals surface area contributed by atoms with Crippen molar-refractivity contribution in [2.45, 2.75) is 40.0 Å². The van der Waals surface area contributed by atoms with Crippen LogP contribution in [0.3, 0.4) is 0 Å². The molecule has 2 atom stereocenters. The summed E-state index contributed by atoms with van der Waals surface area (Å²) in [6, 6.07) is 0. The van der Waals surface area contributed by atoms with Crippen molar-refractivity contribution in [2.75, 3.05) is 6.67 Å². The zero-order valence-corrected chi connectivity index (χ0v) is 7.36. The molecule has 0 fully saturated rings. The quantitative estimate of drug-likeness (QED) is 0.557. The Hall–Kier alpha value is -0.0700. The summed E-state index contributed by atoms with van der Waals surface area (Å²) >= 11 is 0. The fraction of sp³-hybridized carbons (Fsp3) is 1.00. The summed E-state index contributed by atoms with van der Waals surface area (Å²) in [5, 5.41) is 0. The minimum Gasteiger partial charge on any atom is -0.251 e. The van der Waals surface area contributed by atoms with Gasteiger partial charge in [0.2, 0.25) is 0 Å². The molecule has 10 heavy (non-hydrogen) atoms. The average molecular weight is 146 g/mol. The first-order chi connectivity index (χ1) is 4.76. The van der Waals surface area contributed by atoms with Crippen LogP contribution in [0.1, 0.15) is 40.0 Å². The van der Waals surface area contributed by atoms with Gasteiger partial charge in [-0.15, -0.1) is 0 Å². The first kappa shape index (κ1) is 9.93. The fourth-order valence-electron chi connectivity index (χ4n) is 1.22. The van der Waals surface area contributed by atoms with E-state index in [2.05, 4.69) is 20.8 Å². The predicted molar refractivity (Wildman–Crippen MR) is 43.8 cm³/mol. The van der Waals surface area contributed by atoms with Gasteiger partial charge >= 0.3 is 0 Å². The molecule has 0 saturated heterocycles. The van der Waals surface area contributed by atoms with Gasteiger partial charge < -0.3 is 0 Å². The monoisotopic (exact) mass is 146 g/mol. The van der Waals surface area contributed by atoms with Crippen LogP contribution >= 0.6 is 0 Å². The molecule has 0 radical (unpaired) electrons. The summed E-state index contributed by atoms with van der Waals surface area (Å²) in [7, 11) is 0. The van der Waals surface area contributed by atoms with E-state index in [0.717, 1.165) is 19.3 Å². The molecule has 0 bridgehead atoms. The van der Waals surface area contributed by atoms with Gasteiger partial charge in [-0.05, 0) is 18.3 Å². The Morgan fingerprint density at radius 3 is 2.20 bits per heavy atom. The summed E-state index contributed by atoms with van der Waals surface area (Å²) in [4.78, 5) is 0. The van der Waals surface area contributed by atoms with Crippen LogP contribution in [0.15, 0.2) is 0 Å². The molecule has 0 aromatic carbocycles. The second-order valence-corrected chi connectivity index (χ2v) is 3.09. The summed E-state index contributed by atoms with van der Waals surface area (Å²) in [5.41, 5.74) is 0. The first-order valence-corrected chi connectivity index (χ1v) is 4.32. The zero-order chi connectivity index (χ0) is 7.98. The largest absolute Gasteiger partial charge is 0.251 e. The smallest absolute Gasteiger partial charge is 0.0925 e. The number of alkyl halides is 1. The first-order valence-electron chi connectivity index (χ1n) is 4.32. The summed E-state index contributed by atoms with van der Waals surface area (Å²) in [6.07, 6.45) is 3.26. The Morgan fingerprint density at radius 2 is 1.90 bits per heavy atom. The maximum Gasteiger partial charge on any atom is 0.0925 e. The molecular weight excluding hydrogens is 127 g/mol. The van der Waals surface area contributed by atoms with Gasteiger partial charge in [0, 0.05) is 0 Å². The SMILES string of the molecule is CCC[C@H](CF)C(C)CC. The van der Waals surface area contributed by atoms with Gasteiger partial charge in [0.1, 0.15) is 0 Å². The Labute approximate surface area is 63.8 Å². The van der Waals surface area contributed by atoms with Crippen molar-refractivity contribution in [3.05, 3.63) is 0 Å². The minimum atomic E-state index is -0.136. The van der Waals surface area contributed by atoms with Gasteiger partial charge in [-0.2, -0.15) is 0 Å². The van der Waals surface area contributed by atoms with E-state index in [-0.39, 0.29) is 6.67 Å². The van der Waals surface area contributed by atoms with Crippen LogP contribution in [0.4, 0.5) is 4.39 Å². The molecule has 0 saturated carbocycles. The third kappa shape index (κ3) is 3.19. The van der Waals surface area contributed by atoms with Crippen LogP contribution < -0.4 is 0 Å². The molecule has 0 aliphatic heterocycles. The molecule has 1 heteroatoms. The van der Waals surface area contributed by atoms with Crippen LogP contribution in [-0.4, -0.2) is 6.67 Å². The number of rotatable bonds is 5. The zero-order valence-electron chi connectivity index (χ0n) is 7.36. The highest BCUT2D eigenvalue weighted by molar-refractivity contribution is 4.63. The van der Waals surface area contributed by atoms with Gasteiger partial charge in [0.05, 0.1) is 6.67 Å². The lowest BCUT2D eigenvalue weighted by Gasteiger charge is -2.18. The lowest BCUT2D eigenvalue weighted by Crippen LogP contribution is -2.12. The van der Waals surface area contributed by atoms with E-state index in [9.17, 15) is 4.39 Å². The lowest BCUT2D eigenvalue weighted by atomic mass is 9.89. The Bertz CT molecular complexity index is 71.1. The highest BCUT2D eigenvalue weighted by atomic mass is 19.1. The van der Waals surface area contributed by atoms with E-state index in [1.54, 1.807) is 0 Å². The summed E-state index contributed by atoms with van der Waals surface area (Å²) in [6.45, 7) is 6.25. The normalized spacial score (nSPS) is 16.8. The van der Waals surface area contributed by atoms with Crippen LogP contribution in [0.25, 0.3) is 0 Å². The molecule has 1 unspecified atom stereocenters. The lowest BCUT2D eigenvalue weighted by molar-refractivity contribution is 0.252. The standard InChI is InChI=1S/C9H19F/c1-4-6-9(7-10)8(3)5-2/h8-9H,4-7H2,1-3H3/t8?,9-/m1/s1. The maximum atomic E-state index is 12.3. The Balaban J connectivity index is 3.56. The second-order valence-electron chi connectivity index (χ2n) is 3.09. The third-order valence-corrected chi connectivity index (χ3v) is 2.31. The summed E-state index contributed by atoms with van der Waals surface area (Å²) < 4.78 is 12.3. The van der Waals surface area contributed by atoms with E-state index in [4.69, 9.17) is 0 Å². The van der Waals surface area contributed by atoms with Crippen LogP contribution in [0, 0.1) is 11.8 Å². The maximum absolute atomic E-state index is 12.3. The topological polar surface area (TPSA) is 0 Å². The molecule has 0 spiro atoms. The van der Waals surface area contributed by atoms with Crippen LogP contribution in [0.5, 0.6) is 0 Å². The Kier molecular flexibility index (Phi) is 5.66. The second kappa shape index (κ2) is 5.70. The minimum absolute atomic E-state index is 0.136. The van der Waals surface area contributed by atoms with E-state index >= 15 is 0 Å². The average Bonchev–Trinajstić information content (AvgIpc) is 1.99. The molecule has 0 heterocycles. The fourth-order valence-corrected chi connectivity index (χ4v) is 1.22. The predicted octanol–water partition coefficient (Wildman–Crippen LogP) is 3.42. The van der Waals surface area contributed by atoms with Gasteiger partial charge in [-0.3, -0.25) is 4.39 Å². The molecule has 0 aromatic rings. The molecule has 0 aliphatic rings. The van der Waals surface area contributed by atoms with Crippen molar-refractivity contribution >= 4 is 0 Å². The van der Waals surface area contributed by atoms with Crippen molar-refractivity contribution in [3.8, 4) is 0 Å². The van der Waals surface area contributed by atoms with Crippen LogP contribution in [-0.2, 0) is 0 Å². The number of halogens is 1. The van der Waals surface area contributed by atoms with Crippen molar-refractivity contribution in [1.82, 2.24) is 0 Å². The van der Waals surface area contributed by atoms with E-state index in [1.807, 2.05) is 0 Å². The van der Waals surface area contributed by atoms with E-state index in [1.165, 1.54) is 0 Å². The van der Waals surface area contributed by atoms with E-state index < -0.39 is 0 Å². The molecule has 62 valence electrons. The molecule has 0 amide bonds. The van der Waals surface area contributed by atoms with Crippen molar-refractivity contribution in [3.63, 3.8) is 0 Å². The number of hydrogen-bond acceptors (Lipinski definition) is 0. The van der Waals surface area contributed by atoms with E-state index in [0.29, 0.717) is 11.8 Å². The van der Waals surface area contributed by atoms with Gasteiger partial charge in [0.25, 0.3) is 0 Å². The highest BCUT2D eigenvalue weighted by Crippen LogP contribution is 2.20. The highest BCUT2D eigenvalue weighted by Gasteiger charge is 2.13. The van der Waals surface area contributed by atoms with Gasteiger partial charge in [0.15, 0.2) is 0 Å².